The lowest BCUT2D eigenvalue weighted by Crippen LogP contribution is -2.46. The topological polar surface area (TPSA) is 75.7 Å². The second-order valence-corrected chi connectivity index (χ2v) is 11.7. The van der Waals surface area contributed by atoms with Crippen molar-refractivity contribution in [2.24, 2.45) is 0 Å². The van der Waals surface area contributed by atoms with Crippen molar-refractivity contribution in [3.8, 4) is 5.75 Å². The number of carbonyl (C=O) groups excluding carboxylic acids is 1. The summed E-state index contributed by atoms with van der Waals surface area (Å²) in [6.07, 6.45) is 4.56. The van der Waals surface area contributed by atoms with Gasteiger partial charge in [0, 0.05) is 11.7 Å². The molecule has 1 N–H and O–H groups in total. The van der Waals surface area contributed by atoms with Gasteiger partial charge in [-0.15, -0.1) is 0 Å². The summed E-state index contributed by atoms with van der Waals surface area (Å²) in [6.45, 7) is 5.85. The minimum atomic E-state index is -3.85. The van der Waals surface area contributed by atoms with E-state index in [0.717, 1.165) is 43.2 Å². The molecule has 4 rings (SSSR count). The Morgan fingerprint density at radius 2 is 1.54 bits per heavy atom. The molecule has 3 aromatic carbocycles. The zero-order valence-corrected chi connectivity index (χ0v) is 22.7. The fraction of sp³-hybridized carbons (Fsp3) is 0.367. The molecule has 3 aromatic rings. The second-order valence-electron chi connectivity index (χ2n) is 9.92. The van der Waals surface area contributed by atoms with E-state index >= 15 is 0 Å². The van der Waals surface area contributed by atoms with Crippen LogP contribution in [0.5, 0.6) is 5.75 Å². The van der Waals surface area contributed by atoms with E-state index in [4.69, 9.17) is 4.74 Å². The number of hydrogen-bond acceptors (Lipinski definition) is 4. The van der Waals surface area contributed by atoms with Gasteiger partial charge in [0.15, 0.2) is 0 Å². The molecule has 0 spiro atoms. The van der Waals surface area contributed by atoms with Gasteiger partial charge in [0.1, 0.15) is 12.4 Å². The molecule has 196 valence electrons. The van der Waals surface area contributed by atoms with Crippen LogP contribution in [-0.4, -0.2) is 31.2 Å². The van der Waals surface area contributed by atoms with E-state index in [1.807, 2.05) is 63.2 Å². The largest absolute Gasteiger partial charge is 0.489 e. The van der Waals surface area contributed by atoms with E-state index in [1.54, 1.807) is 24.3 Å². The average Bonchev–Trinajstić information content (AvgIpc) is 2.87. The molecule has 0 unspecified atom stereocenters. The first-order valence-electron chi connectivity index (χ1n) is 12.9. The number of sulfonamides is 1. The lowest BCUT2D eigenvalue weighted by Gasteiger charge is -2.33. The van der Waals surface area contributed by atoms with Crippen LogP contribution in [0.15, 0.2) is 71.6 Å². The van der Waals surface area contributed by atoms with Crippen molar-refractivity contribution < 1.29 is 17.9 Å². The molecule has 0 atom stereocenters. The number of benzene rings is 3. The fourth-order valence-corrected chi connectivity index (χ4v) is 7.24. The molecule has 0 bridgehead atoms. The van der Waals surface area contributed by atoms with Crippen LogP contribution < -0.4 is 10.1 Å². The van der Waals surface area contributed by atoms with E-state index in [2.05, 4.69) is 5.32 Å². The van der Waals surface area contributed by atoms with Gasteiger partial charge in [-0.25, -0.2) is 8.42 Å². The third-order valence-electron chi connectivity index (χ3n) is 6.84. The van der Waals surface area contributed by atoms with Gasteiger partial charge in [-0.1, -0.05) is 67.3 Å². The van der Waals surface area contributed by atoms with Gasteiger partial charge in [-0.2, -0.15) is 4.31 Å². The van der Waals surface area contributed by atoms with Gasteiger partial charge in [0.25, 0.3) is 0 Å². The molecule has 37 heavy (non-hydrogen) atoms. The molecule has 1 saturated carbocycles. The third-order valence-corrected chi connectivity index (χ3v) is 9.04. The molecule has 6 nitrogen and oxygen atoms in total. The smallest absolute Gasteiger partial charge is 0.244 e. The predicted molar refractivity (Wildman–Crippen MR) is 147 cm³/mol. The summed E-state index contributed by atoms with van der Waals surface area (Å²) >= 11 is 0. The van der Waals surface area contributed by atoms with Crippen molar-refractivity contribution in [2.75, 3.05) is 11.9 Å². The molecular formula is C30H36N2O4S. The quantitative estimate of drug-likeness (QED) is 0.367. The minimum absolute atomic E-state index is 0.182. The monoisotopic (exact) mass is 520 g/mol. The Morgan fingerprint density at radius 3 is 2.16 bits per heavy atom. The maximum Gasteiger partial charge on any atom is 0.244 e. The fourth-order valence-electron chi connectivity index (χ4n) is 5.19. The van der Waals surface area contributed by atoms with Gasteiger partial charge >= 0.3 is 0 Å². The zero-order valence-electron chi connectivity index (χ0n) is 21.9. The molecular weight excluding hydrogens is 484 g/mol. The molecule has 7 heteroatoms. The highest BCUT2D eigenvalue weighted by molar-refractivity contribution is 7.89. The number of hydrogen-bond donors (Lipinski definition) is 1. The summed E-state index contributed by atoms with van der Waals surface area (Å²) in [5.74, 6) is 0.341. The summed E-state index contributed by atoms with van der Waals surface area (Å²) in [5.41, 5.74) is 4.12. The van der Waals surface area contributed by atoms with Crippen LogP contribution in [0.4, 0.5) is 5.69 Å². The van der Waals surface area contributed by atoms with E-state index < -0.39 is 10.0 Å². The number of ether oxygens (including phenoxy) is 1. The third kappa shape index (κ3) is 6.79. The van der Waals surface area contributed by atoms with Crippen LogP contribution in [0.2, 0.25) is 0 Å². The van der Waals surface area contributed by atoms with Crippen molar-refractivity contribution >= 4 is 21.6 Å². The van der Waals surface area contributed by atoms with Crippen LogP contribution in [0.25, 0.3) is 0 Å². The highest BCUT2D eigenvalue weighted by Crippen LogP contribution is 2.31. The summed E-state index contributed by atoms with van der Waals surface area (Å²) in [5, 5.41) is 2.87. The number of aryl methyl sites for hydroxylation is 3. The average molecular weight is 521 g/mol. The first kappa shape index (κ1) is 26.9. The van der Waals surface area contributed by atoms with Gasteiger partial charge in [0.05, 0.1) is 11.4 Å². The Morgan fingerprint density at radius 1 is 0.919 bits per heavy atom. The van der Waals surface area contributed by atoms with Crippen LogP contribution >= 0.6 is 0 Å². The Labute approximate surface area is 220 Å². The van der Waals surface area contributed by atoms with Gasteiger partial charge in [-0.3, -0.25) is 4.79 Å². The number of carbonyl (C=O) groups is 1. The number of nitrogens with zero attached hydrogens (tertiary/aromatic N) is 1. The maximum absolute atomic E-state index is 13.9. The SMILES string of the molecule is Cc1cc(C)c(S(=O)(=O)N(CC(=O)Nc2ccc(OCc3ccccc3)cc2)C2CCCCC2)c(C)c1. The number of anilines is 1. The zero-order chi connectivity index (χ0) is 26.4. The molecule has 1 aliphatic rings. The predicted octanol–water partition coefficient (Wildman–Crippen LogP) is 6.15. The molecule has 0 radical (unpaired) electrons. The number of nitrogens with one attached hydrogen (secondary N) is 1. The Bertz CT molecular complexity index is 1290. The molecule has 0 heterocycles. The van der Waals surface area contributed by atoms with Crippen molar-refractivity contribution in [1.29, 1.82) is 0 Å². The van der Waals surface area contributed by atoms with Gasteiger partial charge in [-0.05, 0) is 74.6 Å². The van der Waals surface area contributed by atoms with Gasteiger partial charge in [0.2, 0.25) is 15.9 Å². The lowest BCUT2D eigenvalue weighted by molar-refractivity contribution is -0.116. The molecule has 0 saturated heterocycles. The number of amides is 1. The summed E-state index contributed by atoms with van der Waals surface area (Å²) in [7, 11) is -3.85. The Hall–Kier alpha value is -3.16. The minimum Gasteiger partial charge on any atom is -0.489 e. The van der Waals surface area contributed by atoms with Crippen LogP contribution in [0, 0.1) is 20.8 Å². The molecule has 1 fully saturated rings. The van der Waals surface area contributed by atoms with Crippen molar-refractivity contribution in [1.82, 2.24) is 4.31 Å². The van der Waals surface area contributed by atoms with E-state index in [-0.39, 0.29) is 18.5 Å². The Balaban J connectivity index is 1.48. The standard InChI is InChI=1S/C30H36N2O4S/c1-22-18-23(2)30(24(3)19-22)37(34,35)32(27-12-8-5-9-13-27)20-29(33)31-26-14-16-28(17-15-26)36-21-25-10-6-4-7-11-25/h4,6-7,10-11,14-19,27H,5,8-9,12-13,20-21H2,1-3H3,(H,31,33). The first-order chi connectivity index (χ1) is 17.7. The summed E-state index contributed by atoms with van der Waals surface area (Å²) < 4.78 is 35.1. The Kier molecular flexibility index (Phi) is 8.67. The number of rotatable bonds is 9. The summed E-state index contributed by atoms with van der Waals surface area (Å²) in [6, 6.07) is 20.6. The van der Waals surface area contributed by atoms with E-state index in [9.17, 15) is 13.2 Å². The highest BCUT2D eigenvalue weighted by atomic mass is 32.2. The molecule has 1 amide bonds. The van der Waals surface area contributed by atoms with Gasteiger partial charge < -0.3 is 10.1 Å². The maximum atomic E-state index is 13.9. The van der Waals surface area contributed by atoms with Crippen LogP contribution in [0.3, 0.4) is 0 Å². The normalized spacial score (nSPS) is 14.5. The van der Waals surface area contributed by atoms with E-state index in [0.29, 0.717) is 34.1 Å². The lowest BCUT2D eigenvalue weighted by atomic mass is 9.95. The van der Waals surface area contributed by atoms with Crippen LogP contribution in [0.1, 0.15) is 54.4 Å². The van der Waals surface area contributed by atoms with Crippen molar-refractivity contribution in [2.45, 2.75) is 70.4 Å². The molecule has 0 aliphatic heterocycles. The molecule has 0 aromatic heterocycles. The first-order valence-corrected chi connectivity index (χ1v) is 14.3. The van der Waals surface area contributed by atoms with E-state index in [1.165, 1.54) is 4.31 Å². The molecule has 1 aliphatic carbocycles. The van der Waals surface area contributed by atoms with Crippen LogP contribution in [-0.2, 0) is 21.4 Å². The summed E-state index contributed by atoms with van der Waals surface area (Å²) in [4.78, 5) is 13.4. The highest BCUT2D eigenvalue weighted by Gasteiger charge is 2.35. The van der Waals surface area contributed by atoms with Crippen molar-refractivity contribution in [3.05, 3.63) is 89.0 Å². The van der Waals surface area contributed by atoms with Crippen molar-refractivity contribution in [3.63, 3.8) is 0 Å². The second kappa shape index (κ2) is 11.9.